The van der Waals surface area contributed by atoms with Crippen LogP contribution in [0, 0.1) is 0 Å². The Morgan fingerprint density at radius 2 is 1.09 bits per heavy atom. The summed E-state index contributed by atoms with van der Waals surface area (Å²) in [6, 6.07) is 0.888. The van der Waals surface area contributed by atoms with Gasteiger partial charge in [0.25, 0.3) is 0 Å². The second kappa shape index (κ2) is 23.6. The molecule has 0 aromatic heterocycles. The monoisotopic (exact) mass is 480 g/mol. The van der Waals surface area contributed by atoms with Gasteiger partial charge in [-0.1, -0.05) is 32.1 Å². The standard InChI is InChI=1S/C23H48O8Si/c1-5-29-32(30-6-2,31-7-3)22-14-12-10-8-9-11-13-15-23(24)28-21-20-27-19-18-26-17-16-25-4/h5-22H2,1-4H3. The summed E-state index contributed by atoms with van der Waals surface area (Å²) in [5, 5.41) is 0. The highest BCUT2D eigenvalue weighted by Crippen LogP contribution is 2.20. The van der Waals surface area contributed by atoms with Gasteiger partial charge in [0.15, 0.2) is 0 Å². The molecular weight excluding hydrogens is 432 g/mol. The van der Waals surface area contributed by atoms with E-state index in [2.05, 4.69) is 0 Å². The Balaban J connectivity index is 3.54. The van der Waals surface area contributed by atoms with Crippen LogP contribution in [0.3, 0.4) is 0 Å². The van der Waals surface area contributed by atoms with E-state index in [1.165, 1.54) is 12.8 Å². The Hall–Kier alpha value is -0.553. The lowest BCUT2D eigenvalue weighted by molar-refractivity contribution is -0.145. The van der Waals surface area contributed by atoms with Crippen molar-refractivity contribution in [2.24, 2.45) is 0 Å². The van der Waals surface area contributed by atoms with Gasteiger partial charge in [-0.2, -0.15) is 0 Å². The highest BCUT2D eigenvalue weighted by molar-refractivity contribution is 6.60. The van der Waals surface area contributed by atoms with Crippen LogP contribution < -0.4 is 0 Å². The van der Waals surface area contributed by atoms with E-state index in [4.69, 9.17) is 32.2 Å². The molecule has 0 spiro atoms. The molecule has 0 rings (SSSR count). The van der Waals surface area contributed by atoms with Gasteiger partial charge in [0, 0.05) is 39.4 Å². The van der Waals surface area contributed by atoms with E-state index >= 15 is 0 Å². The zero-order valence-corrected chi connectivity index (χ0v) is 22.0. The normalized spacial score (nSPS) is 11.8. The molecule has 0 heterocycles. The number of hydrogen-bond acceptors (Lipinski definition) is 8. The Labute approximate surface area is 196 Å². The average Bonchev–Trinajstić information content (AvgIpc) is 2.77. The molecule has 32 heavy (non-hydrogen) atoms. The molecule has 0 saturated carbocycles. The summed E-state index contributed by atoms with van der Waals surface area (Å²) < 4.78 is 38.4. The summed E-state index contributed by atoms with van der Waals surface area (Å²) in [6.45, 7) is 10.7. The molecule has 0 fully saturated rings. The molecule has 0 N–H and O–H groups in total. The second-order valence-corrected chi connectivity index (χ2v) is 10.1. The van der Waals surface area contributed by atoms with Gasteiger partial charge in [-0.15, -0.1) is 0 Å². The third kappa shape index (κ3) is 19.0. The fraction of sp³-hybridized carbons (Fsp3) is 0.957. The highest BCUT2D eigenvalue weighted by Gasteiger charge is 2.39. The van der Waals surface area contributed by atoms with Crippen molar-refractivity contribution in [2.75, 3.05) is 66.6 Å². The number of carbonyl (C=O) groups is 1. The van der Waals surface area contributed by atoms with E-state index in [1.807, 2.05) is 20.8 Å². The van der Waals surface area contributed by atoms with Crippen LogP contribution in [0.4, 0.5) is 0 Å². The number of ether oxygens (including phenoxy) is 4. The van der Waals surface area contributed by atoms with Crippen LogP contribution in [0.2, 0.25) is 6.04 Å². The first-order valence-electron chi connectivity index (χ1n) is 12.4. The predicted molar refractivity (Wildman–Crippen MR) is 127 cm³/mol. The van der Waals surface area contributed by atoms with Crippen molar-refractivity contribution in [2.45, 2.75) is 78.2 Å². The predicted octanol–water partition coefficient (Wildman–Crippen LogP) is 4.38. The lowest BCUT2D eigenvalue weighted by atomic mass is 10.1. The first-order valence-corrected chi connectivity index (χ1v) is 14.3. The van der Waals surface area contributed by atoms with E-state index in [-0.39, 0.29) is 5.97 Å². The van der Waals surface area contributed by atoms with Crippen LogP contribution in [-0.4, -0.2) is 81.3 Å². The van der Waals surface area contributed by atoms with Crippen LogP contribution in [0.25, 0.3) is 0 Å². The quantitative estimate of drug-likeness (QED) is 0.108. The molecule has 0 saturated heterocycles. The molecule has 0 atom stereocenters. The van der Waals surface area contributed by atoms with Crippen molar-refractivity contribution < 1.29 is 37.0 Å². The average molecular weight is 481 g/mol. The van der Waals surface area contributed by atoms with Gasteiger partial charge >= 0.3 is 14.8 Å². The fourth-order valence-electron chi connectivity index (χ4n) is 3.25. The van der Waals surface area contributed by atoms with E-state index in [0.717, 1.165) is 38.1 Å². The van der Waals surface area contributed by atoms with Crippen molar-refractivity contribution in [1.82, 2.24) is 0 Å². The van der Waals surface area contributed by atoms with Gasteiger partial charge in [0.2, 0.25) is 0 Å². The molecule has 9 heteroatoms. The minimum Gasteiger partial charge on any atom is -0.463 e. The zero-order chi connectivity index (χ0) is 23.8. The summed E-state index contributed by atoms with van der Waals surface area (Å²) >= 11 is 0. The van der Waals surface area contributed by atoms with E-state index in [1.54, 1.807) is 7.11 Å². The number of rotatable bonds is 25. The van der Waals surface area contributed by atoms with Gasteiger partial charge in [0.05, 0.1) is 33.0 Å². The van der Waals surface area contributed by atoms with Crippen molar-refractivity contribution in [3.05, 3.63) is 0 Å². The van der Waals surface area contributed by atoms with Gasteiger partial charge < -0.3 is 32.2 Å². The van der Waals surface area contributed by atoms with E-state index in [0.29, 0.717) is 65.9 Å². The zero-order valence-electron chi connectivity index (χ0n) is 21.0. The molecule has 0 aliphatic heterocycles. The van der Waals surface area contributed by atoms with Crippen LogP contribution in [0.1, 0.15) is 72.1 Å². The Kier molecular flexibility index (Phi) is 23.2. The molecular formula is C23H48O8Si. The highest BCUT2D eigenvalue weighted by atomic mass is 28.4. The third-order valence-corrected chi connectivity index (χ3v) is 7.90. The number of methoxy groups -OCH3 is 1. The minimum absolute atomic E-state index is 0.144. The SMILES string of the molecule is CCO[Si](CCCCCCCCCC(=O)OCCOCCOCCOC)(OCC)OCC. The lowest BCUT2D eigenvalue weighted by Crippen LogP contribution is -2.45. The van der Waals surface area contributed by atoms with Crippen molar-refractivity contribution in [3.8, 4) is 0 Å². The summed E-state index contributed by atoms with van der Waals surface area (Å²) in [5.74, 6) is -0.144. The smallest absolute Gasteiger partial charge is 0.463 e. The molecule has 0 aromatic rings. The lowest BCUT2D eigenvalue weighted by Gasteiger charge is -2.28. The molecule has 192 valence electrons. The first kappa shape index (κ1) is 31.4. The Bertz CT molecular complexity index is 394. The summed E-state index contributed by atoms with van der Waals surface area (Å²) in [7, 11) is -0.849. The van der Waals surface area contributed by atoms with E-state index < -0.39 is 8.80 Å². The van der Waals surface area contributed by atoms with Crippen molar-refractivity contribution in [3.63, 3.8) is 0 Å². The molecule has 0 bridgehead atoms. The Morgan fingerprint density at radius 3 is 1.62 bits per heavy atom. The molecule has 8 nitrogen and oxygen atoms in total. The minimum atomic E-state index is -2.49. The first-order chi connectivity index (χ1) is 15.6. The van der Waals surface area contributed by atoms with Crippen molar-refractivity contribution >= 4 is 14.8 Å². The van der Waals surface area contributed by atoms with Crippen LogP contribution >= 0.6 is 0 Å². The van der Waals surface area contributed by atoms with Gasteiger partial charge in [-0.3, -0.25) is 4.79 Å². The Morgan fingerprint density at radius 1 is 0.625 bits per heavy atom. The van der Waals surface area contributed by atoms with Gasteiger partial charge in [-0.05, 0) is 33.6 Å². The van der Waals surface area contributed by atoms with Crippen LogP contribution in [-0.2, 0) is 37.0 Å². The number of carbonyl (C=O) groups excluding carboxylic acids is 1. The number of hydrogen-bond donors (Lipinski definition) is 0. The van der Waals surface area contributed by atoms with Gasteiger partial charge in [-0.25, -0.2) is 0 Å². The summed E-state index contributed by atoms with van der Waals surface area (Å²) in [5.41, 5.74) is 0. The molecule has 0 aromatic carbocycles. The topological polar surface area (TPSA) is 81.7 Å². The van der Waals surface area contributed by atoms with Crippen molar-refractivity contribution in [1.29, 1.82) is 0 Å². The maximum Gasteiger partial charge on any atom is 0.500 e. The van der Waals surface area contributed by atoms with Crippen LogP contribution in [0.5, 0.6) is 0 Å². The molecule has 0 radical (unpaired) electrons. The third-order valence-electron chi connectivity index (χ3n) is 4.75. The molecule has 0 unspecified atom stereocenters. The van der Waals surface area contributed by atoms with Gasteiger partial charge in [0.1, 0.15) is 6.61 Å². The second-order valence-electron chi connectivity index (χ2n) is 7.39. The van der Waals surface area contributed by atoms with E-state index in [9.17, 15) is 4.79 Å². The molecule has 0 aliphatic rings. The molecule has 0 aliphatic carbocycles. The van der Waals surface area contributed by atoms with Crippen LogP contribution in [0.15, 0.2) is 0 Å². The number of unbranched alkanes of at least 4 members (excludes halogenated alkanes) is 6. The maximum atomic E-state index is 11.7. The molecule has 0 amide bonds. The summed E-state index contributed by atoms with van der Waals surface area (Å²) in [6.07, 6.45) is 8.15. The number of esters is 1. The largest absolute Gasteiger partial charge is 0.500 e. The summed E-state index contributed by atoms with van der Waals surface area (Å²) in [4.78, 5) is 11.7. The fourth-order valence-corrected chi connectivity index (χ4v) is 5.93. The maximum absolute atomic E-state index is 11.7.